The Morgan fingerprint density at radius 1 is 1.03 bits per heavy atom. The van der Waals surface area contributed by atoms with Crippen LogP contribution in [-0.2, 0) is 17.8 Å². The number of aromatic nitrogens is 1. The number of piperidine rings is 1. The van der Waals surface area contributed by atoms with Crippen molar-refractivity contribution in [3.8, 4) is 0 Å². The van der Waals surface area contributed by atoms with Gasteiger partial charge in [-0.3, -0.25) is 14.6 Å². The molecule has 7 nitrogen and oxygen atoms in total. The van der Waals surface area contributed by atoms with Gasteiger partial charge in [0.15, 0.2) is 0 Å². The molecule has 4 rings (SSSR count). The van der Waals surface area contributed by atoms with Gasteiger partial charge in [-0.05, 0) is 61.7 Å². The van der Waals surface area contributed by atoms with Crippen molar-refractivity contribution in [2.24, 2.45) is 0 Å². The van der Waals surface area contributed by atoms with Crippen LogP contribution >= 0.6 is 0 Å². The number of nitrogens with zero attached hydrogens (tertiary/aromatic N) is 4. The van der Waals surface area contributed by atoms with E-state index in [0.29, 0.717) is 31.6 Å². The summed E-state index contributed by atoms with van der Waals surface area (Å²) in [5.74, 6) is 0.969. The molecule has 0 atom stereocenters. The van der Waals surface area contributed by atoms with Crippen LogP contribution in [0, 0.1) is 6.92 Å². The van der Waals surface area contributed by atoms with E-state index in [0.717, 1.165) is 41.2 Å². The molecule has 3 aromatic rings. The highest BCUT2D eigenvalue weighted by atomic mass is 16.3. The van der Waals surface area contributed by atoms with Crippen molar-refractivity contribution in [2.45, 2.75) is 38.6 Å². The lowest BCUT2D eigenvalue weighted by Crippen LogP contribution is -2.39. The number of likely N-dealkylation sites (tertiary alicyclic amines) is 1. The summed E-state index contributed by atoms with van der Waals surface area (Å²) >= 11 is 0. The SMILES string of the molecule is Cc1ccc(C(=O)N(C)Cc2ccco2)c(C2CCN(C(=O)Cc3ccc(N(C)C)cc3)CC2)n1. The van der Waals surface area contributed by atoms with Gasteiger partial charge < -0.3 is 19.1 Å². The molecular weight excluding hydrogens is 440 g/mol. The molecular formula is C28H34N4O3. The number of benzene rings is 1. The largest absolute Gasteiger partial charge is 0.467 e. The number of carbonyl (C=O) groups excluding carboxylic acids is 2. The summed E-state index contributed by atoms with van der Waals surface area (Å²) in [6.45, 7) is 3.70. The van der Waals surface area contributed by atoms with Crippen molar-refractivity contribution in [3.63, 3.8) is 0 Å². The zero-order chi connectivity index (χ0) is 24.9. The summed E-state index contributed by atoms with van der Waals surface area (Å²) in [7, 11) is 5.79. The summed E-state index contributed by atoms with van der Waals surface area (Å²) in [6.07, 6.45) is 3.61. The number of hydrogen-bond acceptors (Lipinski definition) is 5. The molecule has 2 aromatic heterocycles. The van der Waals surface area contributed by atoms with Gasteiger partial charge in [0.1, 0.15) is 5.76 Å². The third kappa shape index (κ3) is 5.91. The van der Waals surface area contributed by atoms with Crippen LogP contribution in [0.2, 0.25) is 0 Å². The van der Waals surface area contributed by atoms with E-state index in [1.54, 1.807) is 18.2 Å². The lowest BCUT2D eigenvalue weighted by Gasteiger charge is -2.33. The first-order valence-electron chi connectivity index (χ1n) is 12.1. The third-order valence-corrected chi connectivity index (χ3v) is 6.66. The second-order valence-corrected chi connectivity index (χ2v) is 9.52. The van der Waals surface area contributed by atoms with Crippen LogP contribution in [0.15, 0.2) is 59.2 Å². The van der Waals surface area contributed by atoms with Gasteiger partial charge in [-0.25, -0.2) is 0 Å². The average Bonchev–Trinajstić information content (AvgIpc) is 3.37. The van der Waals surface area contributed by atoms with Gasteiger partial charge in [-0.1, -0.05) is 12.1 Å². The van der Waals surface area contributed by atoms with Crippen molar-refractivity contribution >= 4 is 17.5 Å². The maximum Gasteiger partial charge on any atom is 0.255 e. The Bertz CT molecular complexity index is 1150. The second-order valence-electron chi connectivity index (χ2n) is 9.52. The summed E-state index contributed by atoms with van der Waals surface area (Å²) < 4.78 is 5.40. The smallest absolute Gasteiger partial charge is 0.255 e. The maximum absolute atomic E-state index is 13.3. The van der Waals surface area contributed by atoms with Gasteiger partial charge in [-0.15, -0.1) is 0 Å². The molecule has 35 heavy (non-hydrogen) atoms. The van der Waals surface area contributed by atoms with Crippen molar-refractivity contribution in [2.75, 3.05) is 39.1 Å². The van der Waals surface area contributed by atoms with E-state index in [2.05, 4.69) is 0 Å². The molecule has 7 heteroatoms. The Labute approximate surface area is 207 Å². The number of amides is 2. The van der Waals surface area contributed by atoms with Gasteiger partial charge in [-0.2, -0.15) is 0 Å². The zero-order valence-electron chi connectivity index (χ0n) is 21.0. The van der Waals surface area contributed by atoms with Crippen LogP contribution in [0.1, 0.15) is 51.8 Å². The molecule has 0 bridgehead atoms. The first kappa shape index (κ1) is 24.5. The predicted octanol–water partition coefficient (Wildman–Crippen LogP) is 4.27. The van der Waals surface area contributed by atoms with Crippen LogP contribution in [0.4, 0.5) is 5.69 Å². The Morgan fingerprint density at radius 2 is 1.74 bits per heavy atom. The standard InChI is InChI=1S/C28H34N4O3/c1-20-7-12-25(28(34)31(4)19-24-6-5-17-35-24)27(29-20)22-13-15-32(16-14-22)26(33)18-21-8-10-23(11-9-21)30(2)3/h5-12,17,22H,13-16,18-19H2,1-4H3. The van der Waals surface area contributed by atoms with Gasteiger partial charge >= 0.3 is 0 Å². The number of pyridine rings is 1. The number of anilines is 1. The first-order valence-corrected chi connectivity index (χ1v) is 12.1. The fraction of sp³-hybridized carbons (Fsp3) is 0.393. The van der Waals surface area contributed by atoms with Crippen LogP contribution < -0.4 is 4.90 Å². The lowest BCUT2D eigenvalue weighted by atomic mass is 9.89. The van der Waals surface area contributed by atoms with Crippen LogP contribution in [-0.4, -0.2) is 60.8 Å². The fourth-order valence-electron chi connectivity index (χ4n) is 4.58. The second kappa shape index (κ2) is 10.8. The Hall–Kier alpha value is -3.61. The monoisotopic (exact) mass is 474 g/mol. The van der Waals surface area contributed by atoms with E-state index in [9.17, 15) is 9.59 Å². The van der Waals surface area contributed by atoms with Crippen molar-refractivity contribution in [1.82, 2.24) is 14.8 Å². The minimum Gasteiger partial charge on any atom is -0.467 e. The number of aryl methyl sites for hydroxylation is 1. The summed E-state index contributed by atoms with van der Waals surface area (Å²) in [5.41, 5.74) is 4.51. The third-order valence-electron chi connectivity index (χ3n) is 6.66. The Morgan fingerprint density at radius 3 is 2.37 bits per heavy atom. The quantitative estimate of drug-likeness (QED) is 0.512. The average molecular weight is 475 g/mol. The molecule has 0 N–H and O–H groups in total. The van der Waals surface area contributed by atoms with Crippen LogP contribution in [0.25, 0.3) is 0 Å². The molecule has 2 amide bonds. The number of furan rings is 1. The molecule has 0 radical (unpaired) electrons. The van der Waals surface area contributed by atoms with E-state index < -0.39 is 0 Å². The van der Waals surface area contributed by atoms with Crippen molar-refractivity contribution in [3.05, 3.63) is 83.1 Å². The highest BCUT2D eigenvalue weighted by Gasteiger charge is 2.29. The summed E-state index contributed by atoms with van der Waals surface area (Å²) in [6, 6.07) is 15.6. The molecule has 0 aliphatic carbocycles. The first-order chi connectivity index (χ1) is 16.8. The van der Waals surface area contributed by atoms with E-state index in [1.165, 1.54) is 0 Å². The van der Waals surface area contributed by atoms with E-state index in [1.807, 2.05) is 79.3 Å². The number of rotatable bonds is 7. The van der Waals surface area contributed by atoms with E-state index >= 15 is 0 Å². The summed E-state index contributed by atoms with van der Waals surface area (Å²) in [5, 5.41) is 0. The number of carbonyl (C=O) groups is 2. The van der Waals surface area contributed by atoms with Gasteiger partial charge in [0, 0.05) is 51.5 Å². The topological polar surface area (TPSA) is 69.9 Å². The van der Waals surface area contributed by atoms with Crippen LogP contribution in [0.3, 0.4) is 0 Å². The molecule has 1 aromatic carbocycles. The van der Waals surface area contributed by atoms with Crippen LogP contribution in [0.5, 0.6) is 0 Å². The molecule has 0 unspecified atom stereocenters. The molecule has 0 saturated carbocycles. The predicted molar refractivity (Wildman–Crippen MR) is 137 cm³/mol. The van der Waals surface area contributed by atoms with Crippen molar-refractivity contribution in [1.29, 1.82) is 0 Å². The lowest BCUT2D eigenvalue weighted by molar-refractivity contribution is -0.131. The fourth-order valence-corrected chi connectivity index (χ4v) is 4.58. The highest BCUT2D eigenvalue weighted by molar-refractivity contribution is 5.95. The van der Waals surface area contributed by atoms with Gasteiger partial charge in [0.2, 0.25) is 5.91 Å². The normalized spacial score (nSPS) is 14.1. The molecule has 184 valence electrons. The molecule has 1 fully saturated rings. The van der Waals surface area contributed by atoms with E-state index in [4.69, 9.17) is 9.40 Å². The minimum atomic E-state index is -0.0661. The van der Waals surface area contributed by atoms with Crippen molar-refractivity contribution < 1.29 is 14.0 Å². The molecule has 1 aliphatic rings. The van der Waals surface area contributed by atoms with Gasteiger partial charge in [0.05, 0.1) is 30.5 Å². The Kier molecular flexibility index (Phi) is 7.54. The number of hydrogen-bond donors (Lipinski definition) is 0. The minimum absolute atomic E-state index is 0.0661. The molecule has 3 heterocycles. The Balaban J connectivity index is 1.40. The molecule has 1 aliphatic heterocycles. The van der Waals surface area contributed by atoms with Gasteiger partial charge in [0.25, 0.3) is 5.91 Å². The molecule has 1 saturated heterocycles. The highest BCUT2D eigenvalue weighted by Crippen LogP contribution is 2.30. The summed E-state index contributed by atoms with van der Waals surface area (Å²) in [4.78, 5) is 36.6. The zero-order valence-corrected chi connectivity index (χ0v) is 21.0. The molecule has 0 spiro atoms. The maximum atomic E-state index is 13.3. The van der Waals surface area contributed by atoms with E-state index in [-0.39, 0.29) is 17.7 Å².